The molecule has 2 saturated carbocycles. The molecule has 3 heterocycles. The quantitative estimate of drug-likeness (QED) is 0.311. The van der Waals surface area contributed by atoms with E-state index in [0.29, 0.717) is 47.7 Å². The first-order valence-electron chi connectivity index (χ1n) is 17.3. The number of amides is 4. The summed E-state index contributed by atoms with van der Waals surface area (Å²) in [5.74, 6) is -0.237. The number of carbonyl (C=O) groups excluding carboxylic acids is 3. The molecule has 1 aromatic heterocycles. The molecule has 3 aromatic rings. The van der Waals surface area contributed by atoms with Gasteiger partial charge in [-0.15, -0.1) is 0 Å². The summed E-state index contributed by atoms with van der Waals surface area (Å²) in [4.78, 5) is 52.4. The number of nitrogens with zero attached hydrogens (tertiary/aromatic N) is 3. The van der Waals surface area contributed by atoms with Crippen LogP contribution in [0, 0.1) is 12.8 Å². The van der Waals surface area contributed by atoms with Gasteiger partial charge >= 0.3 is 6.03 Å². The lowest BCUT2D eigenvalue weighted by Gasteiger charge is -2.26. The number of aryl methyl sites for hydroxylation is 1. The average molecular weight is 703 g/mol. The standard InChI is InChI=1S/C36H42N6O7S/c1-22-29(48-2)17-16-27-30(22)38-31(23-11-7-6-8-12-23)39-33(27)49-25-19-28-32(43)40-36(34(44)41-50(46,47)26-14-15-26)20-24(36)13-9-4-3-5-10-18-37-35(45)42(28)21-25/h6-9,11-13,16-17,24-26,28H,3-5,10,14-15,18-21H2,1-2H3,(H,37,45)(H,40,43)(H,41,44)/b13-9-/t24-,25-,28+,36-/m1/s1. The van der Waals surface area contributed by atoms with Crippen LogP contribution in [0.2, 0.25) is 0 Å². The highest BCUT2D eigenvalue weighted by Crippen LogP contribution is 2.46. The Morgan fingerprint density at radius 1 is 1.06 bits per heavy atom. The molecule has 2 aliphatic heterocycles. The number of nitrogens with one attached hydrogen (secondary N) is 3. The molecule has 14 heteroatoms. The first kappa shape index (κ1) is 33.8. The van der Waals surface area contributed by atoms with Crippen LogP contribution in [0.1, 0.15) is 56.9 Å². The number of ether oxygens (including phenoxy) is 2. The van der Waals surface area contributed by atoms with E-state index in [0.717, 1.165) is 36.8 Å². The number of aromatic nitrogens is 2. The molecule has 0 radical (unpaired) electrons. The molecule has 3 fully saturated rings. The van der Waals surface area contributed by atoms with E-state index < -0.39 is 50.8 Å². The Labute approximate surface area is 291 Å². The number of urea groups is 1. The predicted octanol–water partition coefficient (Wildman–Crippen LogP) is 3.76. The van der Waals surface area contributed by atoms with E-state index in [1.807, 2.05) is 61.5 Å². The summed E-state index contributed by atoms with van der Waals surface area (Å²) >= 11 is 0. The summed E-state index contributed by atoms with van der Waals surface area (Å²) in [6.45, 7) is 2.45. The minimum absolute atomic E-state index is 0.0871. The molecule has 1 saturated heterocycles. The molecule has 4 atom stereocenters. The van der Waals surface area contributed by atoms with Gasteiger partial charge in [-0.25, -0.2) is 18.2 Å². The molecule has 264 valence electrons. The SMILES string of the molecule is COc1ccc2c(O[C@@H]3C[C@H]4C(=O)N[C@]5(C(=O)NS(=O)(=O)C6CC6)C[C@H]5/C=C\CCCCCNC(=O)N4C3)nc(-c3ccccc3)nc2c1C. The third-order valence-corrected chi connectivity index (χ3v) is 11.9. The van der Waals surface area contributed by atoms with E-state index in [-0.39, 0.29) is 25.3 Å². The number of allylic oxidation sites excluding steroid dienone is 1. The molecule has 0 spiro atoms. The van der Waals surface area contributed by atoms with Crippen molar-refractivity contribution in [2.45, 2.75) is 81.2 Å². The van der Waals surface area contributed by atoms with Crippen molar-refractivity contribution < 1.29 is 32.3 Å². The number of benzene rings is 2. The fourth-order valence-corrected chi connectivity index (χ4v) is 8.28. The van der Waals surface area contributed by atoms with Gasteiger partial charge in [0.1, 0.15) is 23.4 Å². The molecule has 0 unspecified atom stereocenters. The van der Waals surface area contributed by atoms with Crippen LogP contribution in [0.15, 0.2) is 54.6 Å². The van der Waals surface area contributed by atoms with Crippen LogP contribution < -0.4 is 24.8 Å². The van der Waals surface area contributed by atoms with Gasteiger partial charge in [0.2, 0.25) is 21.8 Å². The Hall–Kier alpha value is -4.72. The number of sulfonamides is 1. The Bertz CT molecular complexity index is 1950. The average Bonchev–Trinajstić information content (AvgIpc) is 4.03. The number of carbonyl (C=O) groups is 3. The number of fused-ring (bicyclic) bond motifs is 3. The predicted molar refractivity (Wildman–Crippen MR) is 186 cm³/mol. The number of rotatable bonds is 7. The van der Waals surface area contributed by atoms with Crippen LogP contribution in [0.3, 0.4) is 0 Å². The van der Waals surface area contributed by atoms with Crippen molar-refractivity contribution in [2.75, 3.05) is 20.2 Å². The maximum absolute atomic E-state index is 14.1. The molecule has 0 bridgehead atoms. The third-order valence-electron chi connectivity index (χ3n) is 10.0. The second kappa shape index (κ2) is 13.5. The van der Waals surface area contributed by atoms with Gasteiger partial charge in [-0.3, -0.25) is 14.3 Å². The summed E-state index contributed by atoms with van der Waals surface area (Å²) in [5.41, 5.74) is 0.826. The highest BCUT2D eigenvalue weighted by atomic mass is 32.2. The summed E-state index contributed by atoms with van der Waals surface area (Å²) in [7, 11) is -2.24. The van der Waals surface area contributed by atoms with Crippen LogP contribution in [-0.2, 0) is 19.6 Å². The Morgan fingerprint density at radius 2 is 1.86 bits per heavy atom. The minimum atomic E-state index is -3.84. The van der Waals surface area contributed by atoms with Gasteiger partial charge < -0.3 is 25.0 Å². The summed E-state index contributed by atoms with van der Waals surface area (Å²) in [6, 6.07) is 11.8. The summed E-state index contributed by atoms with van der Waals surface area (Å²) < 4.78 is 39.8. The zero-order valence-corrected chi connectivity index (χ0v) is 29.0. The normalized spacial score (nSPS) is 26.4. The van der Waals surface area contributed by atoms with Gasteiger partial charge in [-0.05, 0) is 57.6 Å². The van der Waals surface area contributed by atoms with Crippen molar-refractivity contribution >= 4 is 38.8 Å². The van der Waals surface area contributed by atoms with Crippen molar-refractivity contribution in [1.29, 1.82) is 0 Å². The second-order valence-corrected chi connectivity index (χ2v) is 15.6. The molecule has 7 rings (SSSR count). The molecule has 3 N–H and O–H groups in total. The second-order valence-electron chi connectivity index (χ2n) is 13.6. The fraction of sp³-hybridized carbons (Fsp3) is 0.472. The molecular weight excluding hydrogens is 660 g/mol. The third kappa shape index (κ3) is 6.72. The first-order chi connectivity index (χ1) is 24.1. The van der Waals surface area contributed by atoms with Gasteiger partial charge in [-0.2, -0.15) is 4.98 Å². The molecule has 2 aromatic carbocycles. The highest BCUT2D eigenvalue weighted by Gasteiger charge is 2.62. The van der Waals surface area contributed by atoms with Crippen LogP contribution in [-0.4, -0.2) is 84.3 Å². The smallest absolute Gasteiger partial charge is 0.318 e. The van der Waals surface area contributed by atoms with Gasteiger partial charge in [0.15, 0.2) is 5.82 Å². The monoisotopic (exact) mass is 702 g/mol. The van der Waals surface area contributed by atoms with Gasteiger partial charge in [0.25, 0.3) is 5.91 Å². The van der Waals surface area contributed by atoms with Crippen LogP contribution >= 0.6 is 0 Å². The summed E-state index contributed by atoms with van der Waals surface area (Å²) in [5, 5.41) is 5.90. The van der Waals surface area contributed by atoms with Gasteiger partial charge in [-0.1, -0.05) is 48.9 Å². The van der Waals surface area contributed by atoms with Crippen LogP contribution in [0.25, 0.3) is 22.3 Å². The Morgan fingerprint density at radius 3 is 2.62 bits per heavy atom. The first-order valence-corrected chi connectivity index (χ1v) is 18.8. The molecular formula is C36H42N6O7S. The van der Waals surface area contributed by atoms with E-state index in [4.69, 9.17) is 19.4 Å². The topological polar surface area (TPSA) is 169 Å². The van der Waals surface area contributed by atoms with Crippen molar-refractivity contribution in [3.05, 3.63) is 60.2 Å². The fourth-order valence-electron chi connectivity index (χ4n) is 6.91. The molecule has 13 nitrogen and oxygen atoms in total. The van der Waals surface area contributed by atoms with Gasteiger partial charge in [0.05, 0.1) is 29.8 Å². The summed E-state index contributed by atoms with van der Waals surface area (Å²) in [6.07, 6.45) is 7.97. The number of hydrogen-bond acceptors (Lipinski definition) is 9. The van der Waals surface area contributed by atoms with Crippen molar-refractivity contribution in [2.24, 2.45) is 5.92 Å². The zero-order chi connectivity index (χ0) is 35.0. The molecule has 4 amide bonds. The van der Waals surface area contributed by atoms with Crippen LogP contribution in [0.5, 0.6) is 11.6 Å². The maximum atomic E-state index is 14.1. The molecule has 50 heavy (non-hydrogen) atoms. The van der Waals surface area contributed by atoms with Crippen molar-refractivity contribution in [1.82, 2.24) is 30.2 Å². The van der Waals surface area contributed by atoms with Crippen LogP contribution in [0.4, 0.5) is 4.79 Å². The van der Waals surface area contributed by atoms with E-state index in [1.54, 1.807) is 7.11 Å². The largest absolute Gasteiger partial charge is 0.496 e. The Kier molecular flexibility index (Phi) is 9.14. The highest BCUT2D eigenvalue weighted by molar-refractivity contribution is 7.91. The van der Waals surface area contributed by atoms with Crippen molar-refractivity contribution in [3.63, 3.8) is 0 Å². The lowest BCUT2D eigenvalue weighted by molar-refractivity contribution is -0.131. The molecule has 4 aliphatic rings. The Balaban J connectivity index is 1.19. The zero-order valence-electron chi connectivity index (χ0n) is 28.2. The van der Waals surface area contributed by atoms with E-state index >= 15 is 0 Å². The number of methoxy groups -OCH3 is 1. The van der Waals surface area contributed by atoms with E-state index in [2.05, 4.69) is 15.4 Å². The van der Waals surface area contributed by atoms with E-state index in [9.17, 15) is 22.8 Å². The number of hydrogen-bond donors (Lipinski definition) is 3. The molecule has 2 aliphatic carbocycles. The van der Waals surface area contributed by atoms with E-state index in [1.165, 1.54) is 4.90 Å². The minimum Gasteiger partial charge on any atom is -0.496 e. The van der Waals surface area contributed by atoms with Crippen molar-refractivity contribution in [3.8, 4) is 23.0 Å². The lowest BCUT2D eigenvalue weighted by Crippen LogP contribution is -2.57. The van der Waals surface area contributed by atoms with Gasteiger partial charge in [0, 0.05) is 30.0 Å². The lowest BCUT2D eigenvalue weighted by atomic mass is 10.1. The maximum Gasteiger partial charge on any atom is 0.318 e.